The number of alkyl halides is 3. The van der Waals surface area contributed by atoms with Crippen molar-refractivity contribution >= 4 is 17.5 Å². The van der Waals surface area contributed by atoms with Gasteiger partial charge in [-0.05, 0) is 44.5 Å². The standard InChI is InChI=1S/C27H28F5N5O2/c1-36-10-7-17(8-11-36)16-38-24-21(28)13-19(14-22(24)29)34-26-33-15-20(27(30,31)32)25(35-26)37-23(9-12-39-37)18-5-3-2-4-6-18/h2-6,13-15,17,23H,7-12,16H2,1H3,(H,33,34,35)/t23-/m0/s1. The summed E-state index contributed by atoms with van der Waals surface area (Å²) in [6.45, 7) is 2.17. The fourth-order valence-electron chi connectivity index (χ4n) is 4.79. The number of anilines is 3. The van der Waals surface area contributed by atoms with Gasteiger partial charge in [0, 0.05) is 30.4 Å². The van der Waals surface area contributed by atoms with Crippen LogP contribution in [-0.2, 0) is 11.0 Å². The number of halogens is 5. The Kier molecular flexibility index (Phi) is 7.85. The SMILES string of the molecule is CN1CCC(COc2c(F)cc(Nc3ncc(C(F)(F)F)c(N4OCC[C@H]4c4ccccc4)n3)cc2F)CC1. The summed E-state index contributed by atoms with van der Waals surface area (Å²) in [6.07, 6.45) is -1.94. The lowest BCUT2D eigenvalue weighted by Gasteiger charge is -2.28. The topological polar surface area (TPSA) is 62.8 Å². The van der Waals surface area contributed by atoms with Gasteiger partial charge < -0.3 is 15.0 Å². The number of hydrogen-bond donors (Lipinski definition) is 1. The maximum Gasteiger partial charge on any atom is 0.421 e. The number of benzene rings is 2. The quantitative estimate of drug-likeness (QED) is 0.356. The van der Waals surface area contributed by atoms with Crippen molar-refractivity contribution < 1.29 is 31.5 Å². The third-order valence-electron chi connectivity index (χ3n) is 6.93. The highest BCUT2D eigenvalue weighted by Gasteiger charge is 2.40. The Morgan fingerprint density at radius 1 is 1.05 bits per heavy atom. The van der Waals surface area contributed by atoms with Crippen molar-refractivity contribution in [1.29, 1.82) is 0 Å². The van der Waals surface area contributed by atoms with Crippen molar-refractivity contribution in [3.8, 4) is 5.75 Å². The van der Waals surface area contributed by atoms with Crippen LogP contribution in [0, 0.1) is 17.6 Å². The summed E-state index contributed by atoms with van der Waals surface area (Å²) in [5.74, 6) is -2.95. The van der Waals surface area contributed by atoms with Gasteiger partial charge in [0.05, 0.1) is 19.3 Å². The molecule has 2 aliphatic heterocycles. The number of piperidine rings is 1. The zero-order valence-corrected chi connectivity index (χ0v) is 21.2. The van der Waals surface area contributed by atoms with Gasteiger partial charge in [-0.2, -0.15) is 18.2 Å². The number of aromatic nitrogens is 2. The molecule has 0 unspecified atom stereocenters. The molecule has 0 spiro atoms. The molecule has 2 saturated heterocycles. The summed E-state index contributed by atoms with van der Waals surface area (Å²) in [7, 11) is 2.02. The Balaban J connectivity index is 1.37. The van der Waals surface area contributed by atoms with Gasteiger partial charge in [0.15, 0.2) is 23.2 Å². The molecule has 1 N–H and O–H groups in total. The van der Waals surface area contributed by atoms with E-state index in [1.54, 1.807) is 30.3 Å². The van der Waals surface area contributed by atoms with Gasteiger partial charge in [-0.1, -0.05) is 30.3 Å². The van der Waals surface area contributed by atoms with Gasteiger partial charge in [-0.15, -0.1) is 0 Å². The molecule has 2 aliphatic rings. The number of nitrogens with one attached hydrogen (secondary N) is 1. The lowest BCUT2D eigenvalue weighted by molar-refractivity contribution is -0.138. The van der Waals surface area contributed by atoms with Gasteiger partial charge in [-0.25, -0.2) is 18.8 Å². The second kappa shape index (κ2) is 11.3. The molecule has 1 aromatic heterocycles. The monoisotopic (exact) mass is 549 g/mol. The summed E-state index contributed by atoms with van der Waals surface area (Å²) in [4.78, 5) is 15.6. The third kappa shape index (κ3) is 6.22. The van der Waals surface area contributed by atoms with Crippen LogP contribution < -0.4 is 15.1 Å². The first kappa shape index (κ1) is 27.1. The highest BCUT2D eigenvalue weighted by atomic mass is 19.4. The van der Waals surface area contributed by atoms with Crippen LogP contribution in [0.25, 0.3) is 0 Å². The van der Waals surface area contributed by atoms with Crippen molar-refractivity contribution in [3.63, 3.8) is 0 Å². The molecular weight excluding hydrogens is 521 g/mol. The third-order valence-corrected chi connectivity index (χ3v) is 6.93. The van der Waals surface area contributed by atoms with E-state index in [9.17, 15) is 22.0 Å². The normalized spacial score (nSPS) is 18.9. The van der Waals surface area contributed by atoms with E-state index in [2.05, 4.69) is 20.2 Å². The number of nitrogens with zero attached hydrogens (tertiary/aromatic N) is 4. The van der Waals surface area contributed by atoms with Crippen LogP contribution in [0.5, 0.6) is 5.75 Å². The summed E-state index contributed by atoms with van der Waals surface area (Å²) in [5.41, 5.74) is -0.411. The predicted octanol–water partition coefficient (Wildman–Crippen LogP) is 6.12. The summed E-state index contributed by atoms with van der Waals surface area (Å²) in [6, 6.07) is 10.4. The molecule has 0 radical (unpaired) electrons. The first-order valence-corrected chi connectivity index (χ1v) is 12.7. The zero-order chi connectivity index (χ0) is 27.6. The second-order valence-corrected chi connectivity index (χ2v) is 9.75. The average molecular weight is 550 g/mol. The maximum atomic E-state index is 14.8. The average Bonchev–Trinajstić information content (AvgIpc) is 3.39. The molecule has 2 fully saturated rings. The molecule has 2 aromatic carbocycles. The van der Waals surface area contributed by atoms with Gasteiger partial charge >= 0.3 is 6.18 Å². The molecule has 39 heavy (non-hydrogen) atoms. The van der Waals surface area contributed by atoms with Crippen LogP contribution >= 0.6 is 0 Å². The van der Waals surface area contributed by atoms with E-state index in [-0.39, 0.29) is 30.8 Å². The van der Waals surface area contributed by atoms with Crippen molar-refractivity contribution in [2.45, 2.75) is 31.5 Å². The summed E-state index contributed by atoms with van der Waals surface area (Å²) in [5, 5.41) is 3.72. The van der Waals surface area contributed by atoms with E-state index in [0.717, 1.165) is 48.7 Å². The van der Waals surface area contributed by atoms with Crippen molar-refractivity contribution in [1.82, 2.24) is 14.9 Å². The molecule has 0 amide bonds. The molecule has 7 nitrogen and oxygen atoms in total. The Morgan fingerprint density at radius 3 is 2.41 bits per heavy atom. The number of rotatable bonds is 7. The maximum absolute atomic E-state index is 14.8. The number of hydrogen-bond acceptors (Lipinski definition) is 7. The summed E-state index contributed by atoms with van der Waals surface area (Å²) < 4.78 is 76.6. The van der Waals surface area contributed by atoms with Gasteiger partial charge in [0.25, 0.3) is 0 Å². The van der Waals surface area contributed by atoms with Crippen LogP contribution in [0.1, 0.15) is 36.4 Å². The Morgan fingerprint density at radius 2 is 1.74 bits per heavy atom. The Labute approximate surface area is 222 Å². The van der Waals surface area contributed by atoms with E-state index in [4.69, 9.17) is 9.57 Å². The first-order chi connectivity index (χ1) is 18.7. The molecular formula is C27H28F5N5O2. The molecule has 3 heterocycles. The lowest BCUT2D eigenvalue weighted by Crippen LogP contribution is -2.32. The molecule has 0 aliphatic carbocycles. The molecule has 3 aromatic rings. The zero-order valence-electron chi connectivity index (χ0n) is 21.2. The minimum atomic E-state index is -4.76. The van der Waals surface area contributed by atoms with Crippen LogP contribution in [0.2, 0.25) is 0 Å². The largest absolute Gasteiger partial charge is 0.487 e. The molecule has 0 bridgehead atoms. The van der Waals surface area contributed by atoms with Crippen molar-refractivity contribution in [2.24, 2.45) is 5.92 Å². The minimum absolute atomic E-state index is 0.0794. The highest BCUT2D eigenvalue weighted by molar-refractivity contribution is 5.59. The minimum Gasteiger partial charge on any atom is -0.487 e. The van der Waals surface area contributed by atoms with Gasteiger partial charge in [0.1, 0.15) is 5.56 Å². The van der Waals surface area contributed by atoms with E-state index in [0.29, 0.717) is 12.6 Å². The second-order valence-electron chi connectivity index (χ2n) is 9.75. The molecule has 1 atom stereocenters. The number of likely N-dealkylation sites (tertiary alicyclic amines) is 1. The molecule has 5 rings (SSSR count). The van der Waals surface area contributed by atoms with E-state index >= 15 is 0 Å². The van der Waals surface area contributed by atoms with Crippen molar-refractivity contribution in [3.05, 3.63) is 71.4 Å². The predicted molar refractivity (Wildman–Crippen MR) is 135 cm³/mol. The molecule has 12 heteroatoms. The smallest absolute Gasteiger partial charge is 0.421 e. The van der Waals surface area contributed by atoms with Crippen LogP contribution in [0.3, 0.4) is 0 Å². The van der Waals surface area contributed by atoms with E-state index in [1.807, 2.05) is 7.05 Å². The lowest BCUT2D eigenvalue weighted by atomic mass is 9.98. The van der Waals surface area contributed by atoms with Gasteiger partial charge in [0.2, 0.25) is 5.95 Å². The first-order valence-electron chi connectivity index (χ1n) is 12.7. The fraction of sp³-hybridized carbons (Fsp3) is 0.407. The number of hydroxylamine groups is 1. The van der Waals surface area contributed by atoms with Crippen molar-refractivity contribution in [2.75, 3.05) is 43.7 Å². The Hall–Kier alpha value is -3.51. The molecule has 0 saturated carbocycles. The van der Waals surface area contributed by atoms with E-state index in [1.165, 1.54) is 0 Å². The van der Waals surface area contributed by atoms with Crippen LogP contribution in [0.4, 0.5) is 39.4 Å². The van der Waals surface area contributed by atoms with Crippen LogP contribution in [0.15, 0.2) is 48.7 Å². The summed E-state index contributed by atoms with van der Waals surface area (Å²) >= 11 is 0. The fourth-order valence-corrected chi connectivity index (χ4v) is 4.79. The molecule has 208 valence electrons. The number of ether oxygens (including phenoxy) is 1. The highest BCUT2D eigenvalue weighted by Crippen LogP contribution is 2.41. The van der Waals surface area contributed by atoms with E-state index < -0.39 is 41.0 Å². The van der Waals surface area contributed by atoms with Gasteiger partial charge in [-0.3, -0.25) is 4.84 Å². The van der Waals surface area contributed by atoms with Crippen LogP contribution in [-0.4, -0.2) is 48.2 Å². The Bertz CT molecular complexity index is 1260.